The van der Waals surface area contributed by atoms with Crippen LogP contribution in [0.1, 0.15) is 5.56 Å². The minimum absolute atomic E-state index is 0.702. The van der Waals surface area contributed by atoms with Crippen LogP contribution in [0.25, 0.3) is 0 Å². The highest BCUT2D eigenvalue weighted by Gasteiger charge is 2.05. The molecule has 0 unspecified atom stereocenters. The molecular formula is C19H20ClN5. The third kappa shape index (κ3) is 4.19. The number of hydrogen-bond acceptors (Lipinski definition) is 5. The van der Waals surface area contributed by atoms with Crippen LogP contribution in [0, 0.1) is 6.92 Å². The molecule has 1 heterocycles. The maximum atomic E-state index is 6.17. The molecule has 0 radical (unpaired) electrons. The summed E-state index contributed by atoms with van der Waals surface area (Å²) < 4.78 is 0. The van der Waals surface area contributed by atoms with E-state index in [-0.39, 0.29) is 0 Å². The largest absolute Gasteiger partial charge is 0.378 e. The summed E-state index contributed by atoms with van der Waals surface area (Å²) >= 11 is 6.17. The number of nitrogens with zero attached hydrogens (tertiary/aromatic N) is 3. The summed E-state index contributed by atoms with van der Waals surface area (Å²) in [5, 5.41) is 7.29. The molecule has 0 saturated heterocycles. The number of halogens is 1. The Kier molecular flexibility index (Phi) is 5.05. The standard InChI is InChI=1S/C19H20ClN5/c1-13-16(20)5-4-6-17(13)24-19-11-18(21-12-22-19)23-14-7-9-15(10-8-14)25(2)3/h4-12H,1-3H3,(H2,21,22,23,24). The second-order valence-corrected chi connectivity index (χ2v) is 6.30. The van der Waals surface area contributed by atoms with Crippen LogP contribution in [0.2, 0.25) is 5.02 Å². The first-order valence-corrected chi connectivity index (χ1v) is 8.29. The first-order valence-electron chi connectivity index (χ1n) is 7.91. The van der Waals surface area contributed by atoms with Crippen molar-refractivity contribution in [2.24, 2.45) is 0 Å². The summed E-state index contributed by atoms with van der Waals surface area (Å²) in [6.45, 7) is 1.97. The van der Waals surface area contributed by atoms with Gasteiger partial charge in [-0.05, 0) is 48.9 Å². The van der Waals surface area contributed by atoms with Crippen LogP contribution in [-0.2, 0) is 0 Å². The predicted molar refractivity (Wildman–Crippen MR) is 106 cm³/mol. The molecular weight excluding hydrogens is 334 g/mol. The van der Waals surface area contributed by atoms with E-state index in [1.54, 1.807) is 0 Å². The molecule has 6 heteroatoms. The van der Waals surface area contributed by atoms with E-state index in [4.69, 9.17) is 11.6 Å². The predicted octanol–water partition coefficient (Wildman–Crippen LogP) is 4.99. The molecule has 0 aliphatic heterocycles. The van der Waals surface area contributed by atoms with Crippen molar-refractivity contribution >= 4 is 40.3 Å². The van der Waals surface area contributed by atoms with Crippen molar-refractivity contribution in [2.45, 2.75) is 6.92 Å². The molecule has 3 aromatic rings. The fraction of sp³-hybridized carbons (Fsp3) is 0.158. The number of rotatable bonds is 5. The van der Waals surface area contributed by atoms with Crippen LogP contribution in [0.15, 0.2) is 54.9 Å². The average molecular weight is 354 g/mol. The minimum Gasteiger partial charge on any atom is -0.378 e. The first kappa shape index (κ1) is 17.0. The lowest BCUT2D eigenvalue weighted by Crippen LogP contribution is -2.08. The van der Waals surface area contributed by atoms with Gasteiger partial charge in [-0.1, -0.05) is 17.7 Å². The molecule has 0 spiro atoms. The van der Waals surface area contributed by atoms with Gasteiger partial charge in [0.15, 0.2) is 0 Å². The van der Waals surface area contributed by atoms with E-state index >= 15 is 0 Å². The van der Waals surface area contributed by atoms with Crippen molar-refractivity contribution in [3.05, 3.63) is 65.4 Å². The molecule has 1 aromatic heterocycles. The highest BCUT2D eigenvalue weighted by molar-refractivity contribution is 6.31. The highest BCUT2D eigenvalue weighted by Crippen LogP contribution is 2.26. The Morgan fingerprint density at radius 3 is 2.28 bits per heavy atom. The molecule has 0 fully saturated rings. The van der Waals surface area contributed by atoms with E-state index in [1.807, 2.05) is 57.4 Å². The van der Waals surface area contributed by atoms with Gasteiger partial charge in [-0.15, -0.1) is 0 Å². The van der Waals surface area contributed by atoms with Crippen molar-refractivity contribution in [3.8, 4) is 0 Å². The smallest absolute Gasteiger partial charge is 0.135 e. The monoisotopic (exact) mass is 353 g/mol. The molecule has 0 aliphatic rings. The van der Waals surface area contributed by atoms with Gasteiger partial charge < -0.3 is 15.5 Å². The van der Waals surface area contributed by atoms with Crippen LogP contribution in [-0.4, -0.2) is 24.1 Å². The van der Waals surface area contributed by atoms with Gasteiger partial charge in [0.2, 0.25) is 0 Å². The number of nitrogens with one attached hydrogen (secondary N) is 2. The first-order chi connectivity index (χ1) is 12.0. The van der Waals surface area contributed by atoms with Gasteiger partial charge in [-0.25, -0.2) is 9.97 Å². The Balaban J connectivity index is 1.76. The average Bonchev–Trinajstić information content (AvgIpc) is 2.60. The van der Waals surface area contributed by atoms with E-state index in [1.165, 1.54) is 6.33 Å². The Hall–Kier alpha value is -2.79. The third-order valence-electron chi connectivity index (χ3n) is 3.85. The number of hydrogen-bond donors (Lipinski definition) is 2. The molecule has 0 aliphatic carbocycles. The van der Waals surface area contributed by atoms with Gasteiger partial charge in [0.05, 0.1) is 0 Å². The maximum Gasteiger partial charge on any atom is 0.135 e. The number of anilines is 5. The van der Waals surface area contributed by atoms with Crippen molar-refractivity contribution in [2.75, 3.05) is 29.6 Å². The van der Waals surface area contributed by atoms with Gasteiger partial charge in [0.25, 0.3) is 0 Å². The minimum atomic E-state index is 0.702. The Bertz CT molecular complexity index is 862. The third-order valence-corrected chi connectivity index (χ3v) is 4.26. The fourth-order valence-electron chi connectivity index (χ4n) is 2.37. The van der Waals surface area contributed by atoms with Crippen LogP contribution in [0.3, 0.4) is 0 Å². The number of benzene rings is 2. The lowest BCUT2D eigenvalue weighted by molar-refractivity contribution is 1.13. The van der Waals surface area contributed by atoms with Crippen LogP contribution in [0.4, 0.5) is 28.7 Å². The fourth-order valence-corrected chi connectivity index (χ4v) is 2.54. The van der Waals surface area contributed by atoms with E-state index in [2.05, 4.69) is 37.6 Å². The quantitative estimate of drug-likeness (QED) is 0.676. The van der Waals surface area contributed by atoms with Gasteiger partial charge >= 0.3 is 0 Å². The zero-order valence-corrected chi connectivity index (χ0v) is 15.2. The molecule has 0 saturated carbocycles. The second kappa shape index (κ2) is 7.40. The summed E-state index contributed by atoms with van der Waals surface area (Å²) in [6, 6.07) is 15.8. The second-order valence-electron chi connectivity index (χ2n) is 5.89. The zero-order valence-electron chi connectivity index (χ0n) is 14.4. The zero-order chi connectivity index (χ0) is 17.8. The van der Waals surface area contributed by atoms with E-state index in [9.17, 15) is 0 Å². The SMILES string of the molecule is Cc1c(Cl)cccc1Nc1cc(Nc2ccc(N(C)C)cc2)ncn1. The molecule has 0 bridgehead atoms. The van der Waals surface area contributed by atoms with E-state index in [0.29, 0.717) is 5.82 Å². The van der Waals surface area contributed by atoms with Crippen LogP contribution >= 0.6 is 11.6 Å². The van der Waals surface area contributed by atoms with Crippen molar-refractivity contribution < 1.29 is 0 Å². The van der Waals surface area contributed by atoms with Crippen molar-refractivity contribution in [1.29, 1.82) is 0 Å². The molecule has 128 valence electrons. The summed E-state index contributed by atoms with van der Waals surface area (Å²) in [5.41, 5.74) is 4.02. The Morgan fingerprint density at radius 2 is 1.60 bits per heavy atom. The lowest BCUT2D eigenvalue weighted by Gasteiger charge is -2.14. The maximum absolute atomic E-state index is 6.17. The Morgan fingerprint density at radius 1 is 0.920 bits per heavy atom. The molecule has 2 N–H and O–H groups in total. The van der Waals surface area contributed by atoms with Crippen molar-refractivity contribution in [1.82, 2.24) is 9.97 Å². The molecule has 2 aromatic carbocycles. The van der Waals surface area contributed by atoms with Gasteiger partial charge in [0, 0.05) is 42.2 Å². The summed E-state index contributed by atoms with van der Waals surface area (Å²) in [6.07, 6.45) is 1.53. The molecule has 0 atom stereocenters. The van der Waals surface area contributed by atoms with Gasteiger partial charge in [0.1, 0.15) is 18.0 Å². The molecule has 0 amide bonds. The Labute approximate surface area is 152 Å². The van der Waals surface area contributed by atoms with Gasteiger partial charge in [-0.3, -0.25) is 0 Å². The highest BCUT2D eigenvalue weighted by atomic mass is 35.5. The summed E-state index contributed by atoms with van der Waals surface area (Å²) in [4.78, 5) is 10.6. The van der Waals surface area contributed by atoms with E-state index < -0.39 is 0 Å². The molecule has 5 nitrogen and oxygen atoms in total. The van der Waals surface area contributed by atoms with E-state index in [0.717, 1.165) is 33.5 Å². The van der Waals surface area contributed by atoms with Crippen LogP contribution in [0.5, 0.6) is 0 Å². The lowest BCUT2D eigenvalue weighted by atomic mass is 10.2. The summed E-state index contributed by atoms with van der Waals surface area (Å²) in [7, 11) is 4.03. The van der Waals surface area contributed by atoms with Crippen LogP contribution < -0.4 is 15.5 Å². The summed E-state index contributed by atoms with van der Waals surface area (Å²) in [5.74, 6) is 1.42. The normalized spacial score (nSPS) is 10.4. The van der Waals surface area contributed by atoms with Gasteiger partial charge in [-0.2, -0.15) is 0 Å². The van der Waals surface area contributed by atoms with Crippen molar-refractivity contribution in [3.63, 3.8) is 0 Å². The molecule has 3 rings (SSSR count). The molecule has 25 heavy (non-hydrogen) atoms. The topological polar surface area (TPSA) is 53.1 Å². The number of aromatic nitrogens is 2.